The second-order valence-corrected chi connectivity index (χ2v) is 6.61. The van der Waals surface area contributed by atoms with Crippen molar-refractivity contribution in [1.29, 1.82) is 0 Å². The smallest absolute Gasteiger partial charge is 0.0451 e. The zero-order chi connectivity index (χ0) is 14.7. The van der Waals surface area contributed by atoms with Gasteiger partial charge in [0.1, 0.15) is 0 Å². The molecule has 112 valence electrons. The van der Waals surface area contributed by atoms with Gasteiger partial charge >= 0.3 is 0 Å². The van der Waals surface area contributed by atoms with Crippen molar-refractivity contribution in [3.8, 4) is 0 Å². The highest BCUT2D eigenvalue weighted by Gasteiger charge is 2.28. The van der Waals surface area contributed by atoms with Crippen molar-refractivity contribution in [2.24, 2.45) is 5.92 Å². The summed E-state index contributed by atoms with van der Waals surface area (Å²) in [7, 11) is 0. The van der Waals surface area contributed by atoms with Gasteiger partial charge in [-0.05, 0) is 50.8 Å². The Morgan fingerprint density at radius 2 is 2.05 bits per heavy atom. The molecule has 0 radical (unpaired) electrons. The van der Waals surface area contributed by atoms with Crippen LogP contribution in [0.1, 0.15) is 49.9 Å². The van der Waals surface area contributed by atoms with Crippen molar-refractivity contribution in [3.05, 3.63) is 34.9 Å². The van der Waals surface area contributed by atoms with Crippen molar-refractivity contribution in [1.82, 2.24) is 10.2 Å². The first-order valence-electron chi connectivity index (χ1n) is 8.05. The fourth-order valence-corrected chi connectivity index (χ4v) is 3.61. The molecule has 2 nitrogen and oxygen atoms in total. The van der Waals surface area contributed by atoms with E-state index >= 15 is 0 Å². The Balaban J connectivity index is 2.14. The van der Waals surface area contributed by atoms with E-state index in [1.54, 1.807) is 0 Å². The number of likely N-dealkylation sites (tertiary alicyclic amines) is 1. The van der Waals surface area contributed by atoms with Crippen molar-refractivity contribution in [3.63, 3.8) is 0 Å². The second-order valence-electron chi connectivity index (χ2n) is 6.61. The lowest BCUT2D eigenvalue weighted by Crippen LogP contribution is -2.37. The van der Waals surface area contributed by atoms with Gasteiger partial charge in [0.2, 0.25) is 0 Å². The molecular weight excluding hydrogens is 244 g/mol. The molecule has 0 aromatic heterocycles. The van der Waals surface area contributed by atoms with Crippen LogP contribution in [0.2, 0.25) is 0 Å². The summed E-state index contributed by atoms with van der Waals surface area (Å²) >= 11 is 0. The van der Waals surface area contributed by atoms with E-state index in [1.807, 2.05) is 0 Å². The quantitative estimate of drug-likeness (QED) is 0.881. The Hall–Kier alpha value is -0.860. The van der Waals surface area contributed by atoms with Gasteiger partial charge < -0.3 is 5.32 Å². The van der Waals surface area contributed by atoms with Gasteiger partial charge in [-0.25, -0.2) is 0 Å². The Labute approximate surface area is 124 Å². The van der Waals surface area contributed by atoms with Crippen LogP contribution in [0.25, 0.3) is 0 Å². The fraction of sp³-hybridized carbons (Fsp3) is 0.667. The third kappa shape index (κ3) is 3.62. The van der Waals surface area contributed by atoms with Gasteiger partial charge in [0.05, 0.1) is 0 Å². The van der Waals surface area contributed by atoms with Crippen LogP contribution < -0.4 is 5.32 Å². The zero-order valence-corrected chi connectivity index (χ0v) is 13.7. The number of hydrogen-bond donors (Lipinski definition) is 1. The SMILES string of the molecule is CCNC(CN1CC(C)CC1C)c1ccc(C)cc1C. The Bertz CT molecular complexity index is 441. The molecule has 1 aromatic rings. The molecule has 0 aliphatic carbocycles. The predicted octanol–water partition coefficient (Wildman–Crippen LogP) is 3.68. The van der Waals surface area contributed by atoms with E-state index in [0.29, 0.717) is 6.04 Å². The molecule has 0 saturated carbocycles. The first kappa shape index (κ1) is 15.5. The van der Waals surface area contributed by atoms with Gasteiger partial charge in [-0.15, -0.1) is 0 Å². The van der Waals surface area contributed by atoms with Crippen LogP contribution in [0.15, 0.2) is 18.2 Å². The highest BCUT2D eigenvalue weighted by Crippen LogP contribution is 2.26. The molecule has 0 spiro atoms. The predicted molar refractivity (Wildman–Crippen MR) is 87.1 cm³/mol. The van der Waals surface area contributed by atoms with E-state index < -0.39 is 0 Å². The molecule has 1 N–H and O–H groups in total. The number of likely N-dealkylation sites (N-methyl/N-ethyl adjacent to an activating group) is 1. The molecule has 20 heavy (non-hydrogen) atoms. The summed E-state index contributed by atoms with van der Waals surface area (Å²) in [5.41, 5.74) is 4.23. The van der Waals surface area contributed by atoms with Crippen LogP contribution in [-0.2, 0) is 0 Å². The van der Waals surface area contributed by atoms with E-state index in [4.69, 9.17) is 0 Å². The molecule has 2 heteroatoms. The van der Waals surface area contributed by atoms with Gasteiger partial charge in [-0.3, -0.25) is 4.90 Å². The number of nitrogens with zero attached hydrogens (tertiary/aromatic N) is 1. The van der Waals surface area contributed by atoms with E-state index in [1.165, 1.54) is 29.7 Å². The minimum absolute atomic E-state index is 0.452. The van der Waals surface area contributed by atoms with Gasteiger partial charge in [0.25, 0.3) is 0 Å². The second kappa shape index (κ2) is 6.73. The van der Waals surface area contributed by atoms with Crippen LogP contribution in [0.4, 0.5) is 0 Å². The van der Waals surface area contributed by atoms with E-state index in [2.05, 4.69) is 63.0 Å². The lowest BCUT2D eigenvalue weighted by atomic mass is 9.98. The zero-order valence-electron chi connectivity index (χ0n) is 13.7. The number of nitrogens with one attached hydrogen (secondary N) is 1. The molecule has 1 fully saturated rings. The summed E-state index contributed by atoms with van der Waals surface area (Å²) in [6, 6.07) is 8.02. The molecule has 3 atom stereocenters. The van der Waals surface area contributed by atoms with Crippen LogP contribution >= 0.6 is 0 Å². The first-order valence-corrected chi connectivity index (χ1v) is 8.05. The minimum atomic E-state index is 0.452. The molecule has 0 amide bonds. The maximum atomic E-state index is 3.68. The summed E-state index contributed by atoms with van der Waals surface area (Å²) in [6.45, 7) is 14.7. The minimum Gasteiger partial charge on any atom is -0.309 e. The van der Waals surface area contributed by atoms with Gasteiger partial charge in [0.15, 0.2) is 0 Å². The Morgan fingerprint density at radius 1 is 1.30 bits per heavy atom. The van der Waals surface area contributed by atoms with E-state index in [-0.39, 0.29) is 0 Å². The van der Waals surface area contributed by atoms with E-state index in [9.17, 15) is 0 Å². The normalized spacial score (nSPS) is 25.1. The molecule has 1 aliphatic rings. The molecular formula is C18H30N2. The fourth-order valence-electron chi connectivity index (χ4n) is 3.61. The topological polar surface area (TPSA) is 15.3 Å². The average Bonchev–Trinajstić information content (AvgIpc) is 2.67. The van der Waals surface area contributed by atoms with Crippen molar-refractivity contribution < 1.29 is 0 Å². The average molecular weight is 274 g/mol. The first-order chi connectivity index (χ1) is 9.51. The van der Waals surface area contributed by atoms with Crippen LogP contribution in [-0.4, -0.2) is 30.6 Å². The maximum Gasteiger partial charge on any atom is 0.0451 e. The molecule has 2 rings (SSSR count). The molecule has 1 aromatic carbocycles. The summed E-state index contributed by atoms with van der Waals surface area (Å²) in [4.78, 5) is 2.65. The number of aryl methyl sites for hydroxylation is 2. The monoisotopic (exact) mass is 274 g/mol. The molecule has 1 heterocycles. The summed E-state index contributed by atoms with van der Waals surface area (Å²) in [6.07, 6.45) is 1.34. The summed E-state index contributed by atoms with van der Waals surface area (Å²) in [5, 5.41) is 3.68. The van der Waals surface area contributed by atoms with Crippen LogP contribution in [0.5, 0.6) is 0 Å². The number of rotatable bonds is 5. The Morgan fingerprint density at radius 3 is 2.60 bits per heavy atom. The van der Waals surface area contributed by atoms with Crippen molar-refractivity contribution in [2.45, 2.75) is 53.1 Å². The molecule has 0 bridgehead atoms. The van der Waals surface area contributed by atoms with Crippen LogP contribution in [0.3, 0.4) is 0 Å². The lowest BCUT2D eigenvalue weighted by molar-refractivity contribution is 0.235. The lowest BCUT2D eigenvalue weighted by Gasteiger charge is -2.29. The molecule has 1 saturated heterocycles. The van der Waals surface area contributed by atoms with Gasteiger partial charge in [-0.2, -0.15) is 0 Å². The number of hydrogen-bond acceptors (Lipinski definition) is 2. The number of benzene rings is 1. The highest BCUT2D eigenvalue weighted by atomic mass is 15.2. The van der Waals surface area contributed by atoms with Crippen molar-refractivity contribution in [2.75, 3.05) is 19.6 Å². The molecule has 3 unspecified atom stereocenters. The van der Waals surface area contributed by atoms with Crippen molar-refractivity contribution >= 4 is 0 Å². The molecule has 1 aliphatic heterocycles. The van der Waals surface area contributed by atoms with Gasteiger partial charge in [0, 0.05) is 25.2 Å². The standard InChI is InChI=1S/C18H30N2/c1-6-19-18(12-20-11-14(3)10-16(20)5)17-8-7-13(2)9-15(17)4/h7-9,14,16,18-19H,6,10-12H2,1-5H3. The van der Waals surface area contributed by atoms with Gasteiger partial charge in [-0.1, -0.05) is 37.6 Å². The summed E-state index contributed by atoms with van der Waals surface area (Å²) in [5.74, 6) is 0.839. The third-order valence-electron chi connectivity index (χ3n) is 4.58. The Kier molecular flexibility index (Phi) is 5.22. The summed E-state index contributed by atoms with van der Waals surface area (Å²) < 4.78 is 0. The highest BCUT2D eigenvalue weighted by molar-refractivity contribution is 5.33. The van der Waals surface area contributed by atoms with E-state index in [0.717, 1.165) is 25.0 Å². The van der Waals surface area contributed by atoms with Crippen LogP contribution in [0, 0.1) is 19.8 Å². The maximum absolute atomic E-state index is 3.68. The third-order valence-corrected chi connectivity index (χ3v) is 4.58. The largest absolute Gasteiger partial charge is 0.309 e.